The first-order valence-corrected chi connectivity index (χ1v) is 13.2. The molecule has 184 valence electrons. The van der Waals surface area contributed by atoms with Crippen molar-refractivity contribution in [2.45, 2.75) is 30.8 Å². The Hall–Kier alpha value is -3.07. The quantitative estimate of drug-likeness (QED) is 0.437. The summed E-state index contributed by atoms with van der Waals surface area (Å²) in [4.78, 5) is 13.0. The van der Waals surface area contributed by atoms with Gasteiger partial charge in [-0.3, -0.25) is 4.79 Å². The van der Waals surface area contributed by atoms with Gasteiger partial charge in [0.2, 0.25) is 10.0 Å². The molecule has 1 aliphatic rings. The lowest BCUT2D eigenvalue weighted by Gasteiger charge is -2.26. The summed E-state index contributed by atoms with van der Waals surface area (Å²) in [5.74, 6) is 0.365. The van der Waals surface area contributed by atoms with Gasteiger partial charge >= 0.3 is 0 Å². The number of ether oxygens (including phenoxy) is 2. The fraction of sp³-hybridized carbons (Fsp3) is 0.269. The number of rotatable bonds is 8. The zero-order valence-electron chi connectivity index (χ0n) is 19.4. The van der Waals surface area contributed by atoms with Crippen molar-refractivity contribution in [1.29, 1.82) is 0 Å². The number of anilines is 1. The van der Waals surface area contributed by atoms with E-state index in [1.165, 1.54) is 17.5 Å². The Bertz CT molecular complexity index is 1310. The van der Waals surface area contributed by atoms with Gasteiger partial charge in [0, 0.05) is 34.9 Å². The SMILES string of the molecule is COc1ccc(NC(=O)c2cccc(OCc3ccccc3Cl)c2)cc1S(=O)(=O)N1CCCCC1. The van der Waals surface area contributed by atoms with Crippen LogP contribution in [0, 0.1) is 0 Å². The van der Waals surface area contributed by atoms with Crippen LogP contribution in [0.4, 0.5) is 5.69 Å². The molecule has 1 fully saturated rings. The number of hydrogen-bond acceptors (Lipinski definition) is 5. The minimum absolute atomic E-state index is 0.0384. The maximum atomic E-state index is 13.2. The average molecular weight is 515 g/mol. The number of nitrogens with one attached hydrogen (secondary N) is 1. The minimum Gasteiger partial charge on any atom is -0.495 e. The number of amides is 1. The van der Waals surface area contributed by atoms with E-state index in [-0.39, 0.29) is 23.2 Å². The Morgan fingerprint density at radius 3 is 2.51 bits per heavy atom. The molecule has 0 aromatic heterocycles. The van der Waals surface area contributed by atoms with E-state index in [4.69, 9.17) is 21.1 Å². The van der Waals surface area contributed by atoms with Crippen LogP contribution in [0.15, 0.2) is 71.6 Å². The van der Waals surface area contributed by atoms with E-state index in [1.54, 1.807) is 42.5 Å². The van der Waals surface area contributed by atoms with Gasteiger partial charge in [0.25, 0.3) is 5.91 Å². The van der Waals surface area contributed by atoms with Crippen molar-refractivity contribution in [2.24, 2.45) is 0 Å². The Labute approximate surface area is 210 Å². The Morgan fingerprint density at radius 2 is 1.77 bits per heavy atom. The van der Waals surface area contributed by atoms with Gasteiger partial charge in [-0.2, -0.15) is 4.31 Å². The molecule has 1 aliphatic heterocycles. The smallest absolute Gasteiger partial charge is 0.255 e. The highest BCUT2D eigenvalue weighted by atomic mass is 35.5. The largest absolute Gasteiger partial charge is 0.495 e. The number of methoxy groups -OCH3 is 1. The van der Waals surface area contributed by atoms with Crippen LogP contribution in [0.1, 0.15) is 35.2 Å². The molecule has 1 N–H and O–H groups in total. The highest BCUT2D eigenvalue weighted by Crippen LogP contribution is 2.31. The van der Waals surface area contributed by atoms with Gasteiger partial charge in [-0.05, 0) is 55.3 Å². The number of carbonyl (C=O) groups excluding carboxylic acids is 1. The molecule has 0 spiro atoms. The molecule has 1 saturated heterocycles. The molecule has 0 bridgehead atoms. The Kier molecular flexibility index (Phi) is 7.95. The molecule has 7 nitrogen and oxygen atoms in total. The lowest BCUT2D eigenvalue weighted by molar-refractivity contribution is 0.102. The number of carbonyl (C=O) groups is 1. The molecule has 9 heteroatoms. The van der Waals surface area contributed by atoms with Crippen LogP contribution in [0.2, 0.25) is 5.02 Å². The van der Waals surface area contributed by atoms with E-state index in [9.17, 15) is 13.2 Å². The van der Waals surface area contributed by atoms with Crippen molar-refractivity contribution in [3.8, 4) is 11.5 Å². The van der Waals surface area contributed by atoms with E-state index in [0.29, 0.717) is 35.1 Å². The van der Waals surface area contributed by atoms with Gasteiger partial charge in [0.1, 0.15) is 23.0 Å². The molecular weight excluding hydrogens is 488 g/mol. The summed E-state index contributed by atoms with van der Waals surface area (Å²) < 4.78 is 39.1. The maximum Gasteiger partial charge on any atom is 0.255 e. The van der Waals surface area contributed by atoms with Crippen molar-refractivity contribution in [3.05, 3.63) is 82.9 Å². The molecule has 1 heterocycles. The molecule has 0 atom stereocenters. The summed E-state index contributed by atoms with van der Waals surface area (Å²) in [5, 5.41) is 3.39. The van der Waals surface area contributed by atoms with Crippen LogP contribution in [0.5, 0.6) is 11.5 Å². The lowest BCUT2D eigenvalue weighted by Crippen LogP contribution is -2.35. The second-order valence-corrected chi connectivity index (χ2v) is 10.5. The first-order chi connectivity index (χ1) is 16.9. The third-order valence-corrected chi connectivity index (χ3v) is 8.09. The molecule has 4 rings (SSSR count). The standard InChI is InChI=1S/C26H27ClN2O5S/c1-33-24-13-12-21(17-25(24)35(31,32)29-14-5-2-6-15-29)28-26(30)19-9-7-10-22(16-19)34-18-20-8-3-4-11-23(20)27/h3-4,7-13,16-17H,2,5-6,14-15,18H2,1H3,(H,28,30). The Balaban J connectivity index is 1.50. The van der Waals surface area contributed by atoms with Crippen molar-refractivity contribution >= 4 is 33.2 Å². The zero-order chi connectivity index (χ0) is 24.8. The molecular formula is C26H27ClN2O5S. The average Bonchev–Trinajstić information content (AvgIpc) is 2.89. The third-order valence-electron chi connectivity index (χ3n) is 5.80. The first kappa shape index (κ1) is 25.0. The fourth-order valence-corrected chi connectivity index (χ4v) is 5.80. The highest BCUT2D eigenvalue weighted by molar-refractivity contribution is 7.89. The van der Waals surface area contributed by atoms with Crippen LogP contribution < -0.4 is 14.8 Å². The monoisotopic (exact) mass is 514 g/mol. The summed E-state index contributed by atoms with van der Waals surface area (Å²) in [6, 6.07) is 18.8. The summed E-state index contributed by atoms with van der Waals surface area (Å²) in [6.45, 7) is 1.22. The van der Waals surface area contributed by atoms with Gasteiger partial charge in [0.05, 0.1) is 7.11 Å². The predicted molar refractivity (Wildman–Crippen MR) is 136 cm³/mol. The second-order valence-electron chi connectivity index (χ2n) is 8.19. The molecule has 0 aliphatic carbocycles. The normalized spacial score (nSPS) is 14.3. The van der Waals surface area contributed by atoms with E-state index in [1.807, 2.05) is 18.2 Å². The molecule has 1 amide bonds. The lowest BCUT2D eigenvalue weighted by atomic mass is 10.2. The number of sulfonamides is 1. The van der Waals surface area contributed by atoms with E-state index in [0.717, 1.165) is 24.8 Å². The van der Waals surface area contributed by atoms with Crippen molar-refractivity contribution in [1.82, 2.24) is 4.31 Å². The van der Waals surface area contributed by atoms with Gasteiger partial charge < -0.3 is 14.8 Å². The first-order valence-electron chi connectivity index (χ1n) is 11.3. The van der Waals surface area contributed by atoms with Crippen LogP contribution in [-0.4, -0.2) is 38.8 Å². The predicted octanol–water partition coefficient (Wildman–Crippen LogP) is 5.35. The van der Waals surface area contributed by atoms with E-state index in [2.05, 4.69) is 5.32 Å². The molecule has 3 aromatic rings. The summed E-state index contributed by atoms with van der Waals surface area (Å²) >= 11 is 6.18. The number of nitrogens with zero attached hydrogens (tertiary/aromatic N) is 1. The second kappa shape index (κ2) is 11.1. The van der Waals surface area contributed by atoms with Gasteiger partial charge in [-0.15, -0.1) is 0 Å². The van der Waals surface area contributed by atoms with E-state index < -0.39 is 10.0 Å². The third kappa shape index (κ3) is 5.96. The molecule has 35 heavy (non-hydrogen) atoms. The number of halogens is 1. The van der Waals surface area contributed by atoms with Crippen LogP contribution in [0.25, 0.3) is 0 Å². The van der Waals surface area contributed by atoms with Crippen molar-refractivity contribution in [3.63, 3.8) is 0 Å². The number of benzene rings is 3. The summed E-state index contributed by atoms with van der Waals surface area (Å²) in [6.07, 6.45) is 2.67. The Morgan fingerprint density at radius 1 is 1.00 bits per heavy atom. The molecule has 0 radical (unpaired) electrons. The number of hydrogen-bond donors (Lipinski definition) is 1. The van der Waals surface area contributed by atoms with Gasteiger partial charge in [0.15, 0.2) is 0 Å². The minimum atomic E-state index is -3.75. The zero-order valence-corrected chi connectivity index (χ0v) is 20.9. The van der Waals surface area contributed by atoms with Crippen LogP contribution in [-0.2, 0) is 16.6 Å². The van der Waals surface area contributed by atoms with Gasteiger partial charge in [-0.1, -0.05) is 42.3 Å². The topological polar surface area (TPSA) is 84.9 Å². The van der Waals surface area contributed by atoms with Crippen molar-refractivity contribution in [2.75, 3.05) is 25.5 Å². The maximum absolute atomic E-state index is 13.2. The highest BCUT2D eigenvalue weighted by Gasteiger charge is 2.29. The number of piperidine rings is 1. The summed E-state index contributed by atoms with van der Waals surface area (Å²) in [5.41, 5.74) is 1.57. The summed E-state index contributed by atoms with van der Waals surface area (Å²) in [7, 11) is -2.32. The van der Waals surface area contributed by atoms with Crippen LogP contribution >= 0.6 is 11.6 Å². The van der Waals surface area contributed by atoms with Gasteiger partial charge in [-0.25, -0.2) is 8.42 Å². The molecule has 0 unspecified atom stereocenters. The molecule has 0 saturated carbocycles. The fourth-order valence-electron chi connectivity index (χ4n) is 3.91. The van der Waals surface area contributed by atoms with Crippen LogP contribution in [0.3, 0.4) is 0 Å². The van der Waals surface area contributed by atoms with Crippen molar-refractivity contribution < 1.29 is 22.7 Å². The van der Waals surface area contributed by atoms with E-state index >= 15 is 0 Å². The molecule has 3 aromatic carbocycles.